The molecule has 1 fully saturated rings. The number of hydrogen-bond acceptors (Lipinski definition) is 5. The third kappa shape index (κ3) is 2.97. The minimum atomic E-state index is -1.18. The molecular formula is C20H15FN2O5. The number of benzene rings is 2. The van der Waals surface area contributed by atoms with Gasteiger partial charge in [-0.15, -0.1) is 0 Å². The van der Waals surface area contributed by atoms with Crippen LogP contribution in [0, 0.1) is 5.82 Å². The summed E-state index contributed by atoms with van der Waals surface area (Å²) in [7, 11) is 0. The summed E-state index contributed by atoms with van der Waals surface area (Å²) in [5, 5.41) is 0.616. The van der Waals surface area contributed by atoms with Gasteiger partial charge in [0.2, 0.25) is 0 Å². The number of imide groups is 2. The highest BCUT2D eigenvalue weighted by molar-refractivity contribution is 6.23. The first-order chi connectivity index (χ1) is 13.5. The van der Waals surface area contributed by atoms with Crippen LogP contribution >= 0.6 is 0 Å². The van der Waals surface area contributed by atoms with Gasteiger partial charge in [-0.3, -0.25) is 28.9 Å². The van der Waals surface area contributed by atoms with Gasteiger partial charge in [0.1, 0.15) is 18.5 Å². The molecule has 1 atom stereocenters. The zero-order valence-corrected chi connectivity index (χ0v) is 14.6. The van der Waals surface area contributed by atoms with E-state index in [2.05, 4.69) is 0 Å². The smallest absolute Gasteiger partial charge is 0.272 e. The largest absolute Gasteiger partial charge is 0.276 e. The molecule has 28 heavy (non-hydrogen) atoms. The van der Waals surface area contributed by atoms with E-state index in [0.29, 0.717) is 5.06 Å². The van der Waals surface area contributed by atoms with Crippen molar-refractivity contribution in [1.82, 2.24) is 9.96 Å². The molecule has 4 amide bonds. The fourth-order valence-corrected chi connectivity index (χ4v) is 3.35. The predicted octanol–water partition coefficient (Wildman–Crippen LogP) is 2.07. The van der Waals surface area contributed by atoms with Gasteiger partial charge in [-0.25, -0.2) is 4.39 Å². The third-order valence-corrected chi connectivity index (χ3v) is 4.74. The van der Waals surface area contributed by atoms with Crippen LogP contribution in [0.25, 0.3) is 0 Å². The second-order valence-electron chi connectivity index (χ2n) is 6.51. The summed E-state index contributed by atoms with van der Waals surface area (Å²) in [6.07, 6.45) is -0.0657. The van der Waals surface area contributed by atoms with Crippen molar-refractivity contribution in [2.24, 2.45) is 0 Å². The molecule has 142 valence electrons. The first-order valence-electron chi connectivity index (χ1n) is 8.68. The highest BCUT2D eigenvalue weighted by Crippen LogP contribution is 2.29. The maximum Gasteiger partial charge on any atom is 0.276 e. The highest BCUT2D eigenvalue weighted by atomic mass is 19.1. The van der Waals surface area contributed by atoms with Crippen molar-refractivity contribution in [2.45, 2.75) is 25.5 Å². The molecule has 2 aromatic carbocycles. The summed E-state index contributed by atoms with van der Waals surface area (Å²) in [6, 6.07) is 11.0. The van der Waals surface area contributed by atoms with E-state index < -0.39 is 35.5 Å². The monoisotopic (exact) mass is 382 g/mol. The van der Waals surface area contributed by atoms with Gasteiger partial charge in [-0.05, 0) is 30.2 Å². The van der Waals surface area contributed by atoms with E-state index in [9.17, 15) is 23.6 Å². The molecule has 0 aromatic heterocycles. The summed E-state index contributed by atoms with van der Waals surface area (Å²) >= 11 is 0. The predicted molar refractivity (Wildman–Crippen MR) is 93.0 cm³/mol. The Morgan fingerprint density at radius 1 is 0.964 bits per heavy atom. The molecule has 7 nitrogen and oxygen atoms in total. The standard InChI is InChI=1S/C20H15FN2O5/c21-13-6-7-14-15(10-13)19(26)22(18(14)25)16-8-9-17(24)23(20(16)27)28-11-12-4-2-1-3-5-12/h1-7,10,16H,8-9,11H2. The lowest BCUT2D eigenvalue weighted by Crippen LogP contribution is -2.55. The van der Waals surface area contributed by atoms with Crippen LogP contribution in [-0.2, 0) is 21.0 Å². The van der Waals surface area contributed by atoms with Crippen molar-refractivity contribution >= 4 is 23.6 Å². The molecule has 0 bridgehead atoms. The number of carbonyl (C=O) groups is 4. The molecule has 0 N–H and O–H groups in total. The molecule has 4 rings (SSSR count). The van der Waals surface area contributed by atoms with E-state index in [0.717, 1.165) is 22.6 Å². The van der Waals surface area contributed by atoms with E-state index in [1.54, 1.807) is 24.3 Å². The Hall–Kier alpha value is -3.39. The molecule has 0 saturated carbocycles. The third-order valence-electron chi connectivity index (χ3n) is 4.74. The van der Waals surface area contributed by atoms with Crippen LogP contribution in [0.2, 0.25) is 0 Å². The van der Waals surface area contributed by atoms with Gasteiger partial charge in [0.25, 0.3) is 23.6 Å². The van der Waals surface area contributed by atoms with Crippen molar-refractivity contribution in [3.8, 4) is 0 Å². The number of carbonyl (C=O) groups excluding carboxylic acids is 4. The number of rotatable bonds is 4. The zero-order chi connectivity index (χ0) is 19.8. The lowest BCUT2D eigenvalue weighted by molar-refractivity contribution is -0.206. The molecule has 2 aliphatic rings. The van der Waals surface area contributed by atoms with E-state index in [1.165, 1.54) is 6.07 Å². The van der Waals surface area contributed by atoms with Crippen molar-refractivity contribution < 1.29 is 28.4 Å². The summed E-state index contributed by atoms with van der Waals surface area (Å²) in [6.45, 7) is -0.0155. The molecule has 0 aliphatic carbocycles. The number of fused-ring (bicyclic) bond motifs is 1. The first kappa shape index (κ1) is 18.0. The van der Waals surface area contributed by atoms with Crippen LogP contribution in [0.3, 0.4) is 0 Å². The topological polar surface area (TPSA) is 84.0 Å². The number of piperidine rings is 1. The number of hydroxylamine groups is 2. The van der Waals surface area contributed by atoms with Gasteiger partial charge in [0.05, 0.1) is 11.1 Å². The van der Waals surface area contributed by atoms with Crippen LogP contribution < -0.4 is 0 Å². The average molecular weight is 382 g/mol. The normalized spacial score (nSPS) is 19.4. The number of nitrogens with zero attached hydrogens (tertiary/aromatic N) is 2. The molecule has 1 saturated heterocycles. The zero-order valence-electron chi connectivity index (χ0n) is 14.6. The Morgan fingerprint density at radius 2 is 1.68 bits per heavy atom. The van der Waals surface area contributed by atoms with Crippen LogP contribution in [-0.4, -0.2) is 39.6 Å². The van der Waals surface area contributed by atoms with Gasteiger partial charge in [0.15, 0.2) is 0 Å². The summed E-state index contributed by atoms with van der Waals surface area (Å²) < 4.78 is 13.5. The SMILES string of the molecule is O=C1CCC(N2C(=O)c3ccc(F)cc3C2=O)C(=O)N1OCc1ccccc1. The summed E-state index contributed by atoms with van der Waals surface area (Å²) in [4.78, 5) is 56.4. The van der Waals surface area contributed by atoms with Crippen LogP contribution in [0.1, 0.15) is 39.1 Å². The lowest BCUT2D eigenvalue weighted by atomic mass is 10.0. The first-order valence-corrected chi connectivity index (χ1v) is 8.68. The van der Waals surface area contributed by atoms with E-state index >= 15 is 0 Å². The van der Waals surface area contributed by atoms with Gasteiger partial charge in [-0.1, -0.05) is 30.3 Å². The molecule has 2 heterocycles. The van der Waals surface area contributed by atoms with Crippen molar-refractivity contribution in [2.75, 3.05) is 0 Å². The highest BCUT2D eigenvalue weighted by Gasteiger charge is 2.47. The average Bonchev–Trinajstić information content (AvgIpc) is 2.93. The maximum atomic E-state index is 13.5. The molecule has 1 unspecified atom stereocenters. The number of amides is 4. The van der Waals surface area contributed by atoms with Gasteiger partial charge in [0, 0.05) is 6.42 Å². The van der Waals surface area contributed by atoms with Crippen molar-refractivity contribution in [1.29, 1.82) is 0 Å². The van der Waals surface area contributed by atoms with E-state index in [1.807, 2.05) is 6.07 Å². The Labute approximate surface area is 159 Å². The van der Waals surface area contributed by atoms with Crippen LogP contribution in [0.5, 0.6) is 0 Å². The Morgan fingerprint density at radius 3 is 2.43 bits per heavy atom. The lowest BCUT2D eigenvalue weighted by Gasteiger charge is -2.33. The van der Waals surface area contributed by atoms with Gasteiger partial charge < -0.3 is 0 Å². The molecule has 2 aliphatic heterocycles. The second kappa shape index (κ2) is 6.97. The summed E-state index contributed by atoms with van der Waals surface area (Å²) in [5.41, 5.74) is 0.695. The van der Waals surface area contributed by atoms with Crippen LogP contribution in [0.4, 0.5) is 4.39 Å². The fourth-order valence-electron chi connectivity index (χ4n) is 3.35. The Balaban J connectivity index is 1.55. The minimum absolute atomic E-state index is 0.00316. The van der Waals surface area contributed by atoms with Gasteiger partial charge in [-0.2, -0.15) is 5.06 Å². The molecular weight excluding hydrogens is 367 g/mol. The number of hydrogen-bond donors (Lipinski definition) is 0. The van der Waals surface area contributed by atoms with E-state index in [-0.39, 0.29) is 30.6 Å². The van der Waals surface area contributed by atoms with Crippen LogP contribution in [0.15, 0.2) is 48.5 Å². The summed E-state index contributed by atoms with van der Waals surface area (Å²) in [5.74, 6) is -3.42. The minimum Gasteiger partial charge on any atom is -0.272 e. The van der Waals surface area contributed by atoms with E-state index in [4.69, 9.17) is 4.84 Å². The second-order valence-corrected chi connectivity index (χ2v) is 6.51. The Bertz CT molecular complexity index is 991. The molecule has 2 aromatic rings. The van der Waals surface area contributed by atoms with Crippen molar-refractivity contribution in [3.05, 3.63) is 71.0 Å². The quantitative estimate of drug-likeness (QED) is 0.756. The molecule has 8 heteroatoms. The number of halogens is 1. The molecule has 0 radical (unpaired) electrons. The van der Waals surface area contributed by atoms with Gasteiger partial charge >= 0.3 is 0 Å². The maximum absolute atomic E-state index is 13.5. The fraction of sp³-hybridized carbons (Fsp3) is 0.200. The Kier molecular flexibility index (Phi) is 4.48. The van der Waals surface area contributed by atoms with Crippen molar-refractivity contribution in [3.63, 3.8) is 0 Å². The molecule has 0 spiro atoms.